The van der Waals surface area contributed by atoms with E-state index in [0.29, 0.717) is 5.25 Å². The summed E-state index contributed by atoms with van der Waals surface area (Å²) in [6.45, 7) is 6.69. The Hall–Kier alpha value is -1.28. The second-order valence-electron chi connectivity index (χ2n) is 6.34. The van der Waals surface area contributed by atoms with Crippen LogP contribution in [-0.2, 0) is 0 Å². The minimum atomic E-state index is 0.506. The van der Waals surface area contributed by atoms with Gasteiger partial charge in [-0.05, 0) is 43.5 Å². The predicted octanol–water partition coefficient (Wildman–Crippen LogP) is 6.89. The van der Waals surface area contributed by atoms with Crippen molar-refractivity contribution in [2.24, 2.45) is 0 Å². The van der Waals surface area contributed by atoms with Crippen LogP contribution in [0.2, 0.25) is 0 Å². The van der Waals surface area contributed by atoms with Crippen LogP contribution in [0.3, 0.4) is 0 Å². The molecule has 0 aliphatic rings. The van der Waals surface area contributed by atoms with Crippen LogP contribution in [0.15, 0.2) is 47.6 Å². The van der Waals surface area contributed by atoms with Gasteiger partial charge in [-0.1, -0.05) is 80.6 Å². The van der Waals surface area contributed by atoms with E-state index < -0.39 is 0 Å². The fraction of sp³-hybridized carbons (Fsp3) is 0.476. The van der Waals surface area contributed by atoms with E-state index >= 15 is 0 Å². The number of unbranched alkanes of at least 4 members (excludes halogenated alkanes) is 4. The largest absolute Gasteiger partial charge is 0.250 e. The molecule has 0 saturated heterocycles. The molecule has 0 aliphatic carbocycles. The van der Waals surface area contributed by atoms with Crippen molar-refractivity contribution in [2.75, 3.05) is 0 Å². The molecule has 2 aromatic rings. The summed E-state index contributed by atoms with van der Waals surface area (Å²) in [7, 11) is 0. The van der Waals surface area contributed by atoms with Crippen LogP contribution in [0.1, 0.15) is 67.4 Å². The predicted molar refractivity (Wildman–Crippen MR) is 102 cm³/mol. The van der Waals surface area contributed by atoms with Crippen molar-refractivity contribution in [3.8, 4) is 0 Å². The first-order valence-corrected chi connectivity index (χ1v) is 9.73. The maximum absolute atomic E-state index is 4.52. The second-order valence-corrected chi connectivity index (χ2v) is 7.56. The molecule has 1 atom stereocenters. The third kappa shape index (κ3) is 6.02. The summed E-state index contributed by atoms with van der Waals surface area (Å²) in [6.07, 6.45) is 9.81. The maximum Gasteiger partial charge on any atom is 0.0965 e. The van der Waals surface area contributed by atoms with Crippen molar-refractivity contribution >= 4 is 11.8 Å². The molecule has 0 aliphatic heterocycles. The molecular weight excluding hydrogens is 298 g/mol. The molecular formula is C21H29NS. The number of thioether (sulfide) groups is 1. The topological polar surface area (TPSA) is 12.9 Å². The molecule has 2 rings (SSSR count). The minimum absolute atomic E-state index is 0.506. The molecule has 1 aromatic carbocycles. The molecule has 1 nitrogen and oxygen atoms in total. The highest BCUT2D eigenvalue weighted by Crippen LogP contribution is 2.39. The first-order valence-electron chi connectivity index (χ1n) is 8.85. The third-order valence-electron chi connectivity index (χ3n) is 4.25. The van der Waals surface area contributed by atoms with E-state index in [-0.39, 0.29) is 0 Å². The standard InChI is InChI=1S/C21H29NS/c1-4-5-6-7-8-11-20(23-21-12-9-10-15-22-21)19-16-17(2)13-14-18(19)3/h9-10,12-16,20H,4-8,11H2,1-3H3. The number of rotatable bonds is 9. The molecule has 23 heavy (non-hydrogen) atoms. The van der Waals surface area contributed by atoms with Crippen molar-refractivity contribution in [3.63, 3.8) is 0 Å². The Morgan fingerprint density at radius 3 is 2.57 bits per heavy atom. The lowest BCUT2D eigenvalue weighted by atomic mass is 9.99. The minimum Gasteiger partial charge on any atom is -0.250 e. The summed E-state index contributed by atoms with van der Waals surface area (Å²) < 4.78 is 0. The molecule has 0 saturated carbocycles. The Morgan fingerprint density at radius 1 is 1.00 bits per heavy atom. The van der Waals surface area contributed by atoms with E-state index in [4.69, 9.17) is 0 Å². The van der Waals surface area contributed by atoms with E-state index in [2.05, 4.69) is 56.1 Å². The maximum atomic E-state index is 4.52. The molecule has 1 unspecified atom stereocenters. The van der Waals surface area contributed by atoms with Crippen molar-refractivity contribution in [2.45, 2.75) is 69.6 Å². The highest BCUT2D eigenvalue weighted by atomic mass is 32.2. The number of nitrogens with zero attached hydrogens (tertiary/aromatic N) is 1. The second kappa shape index (κ2) is 9.77. The van der Waals surface area contributed by atoms with Crippen molar-refractivity contribution in [3.05, 3.63) is 59.3 Å². The first kappa shape index (κ1) is 18.1. The Morgan fingerprint density at radius 2 is 1.83 bits per heavy atom. The van der Waals surface area contributed by atoms with Gasteiger partial charge in [0.05, 0.1) is 5.03 Å². The van der Waals surface area contributed by atoms with Crippen LogP contribution in [0.4, 0.5) is 0 Å². The van der Waals surface area contributed by atoms with Crippen LogP contribution >= 0.6 is 11.8 Å². The van der Waals surface area contributed by atoms with Crippen molar-refractivity contribution < 1.29 is 0 Å². The molecule has 0 spiro atoms. The summed E-state index contributed by atoms with van der Waals surface area (Å²) >= 11 is 1.92. The molecule has 0 radical (unpaired) electrons. The fourth-order valence-electron chi connectivity index (χ4n) is 2.88. The molecule has 1 aromatic heterocycles. The summed E-state index contributed by atoms with van der Waals surface area (Å²) in [5, 5.41) is 1.64. The molecule has 0 fully saturated rings. The van der Waals surface area contributed by atoms with Gasteiger partial charge in [-0.15, -0.1) is 0 Å². The van der Waals surface area contributed by atoms with Gasteiger partial charge in [0, 0.05) is 11.4 Å². The van der Waals surface area contributed by atoms with Crippen molar-refractivity contribution in [1.29, 1.82) is 0 Å². The molecule has 2 heteroatoms. The highest BCUT2D eigenvalue weighted by molar-refractivity contribution is 7.99. The van der Waals surface area contributed by atoms with Crippen LogP contribution < -0.4 is 0 Å². The van der Waals surface area contributed by atoms with Crippen LogP contribution in [0, 0.1) is 13.8 Å². The van der Waals surface area contributed by atoms with Crippen LogP contribution in [0.5, 0.6) is 0 Å². The zero-order valence-electron chi connectivity index (χ0n) is 14.7. The zero-order valence-corrected chi connectivity index (χ0v) is 15.5. The SMILES string of the molecule is CCCCCCCC(Sc1ccccn1)c1cc(C)ccc1C. The summed E-state index contributed by atoms with van der Waals surface area (Å²) in [4.78, 5) is 4.52. The van der Waals surface area contributed by atoms with Gasteiger partial charge in [0.25, 0.3) is 0 Å². The number of aromatic nitrogens is 1. The highest BCUT2D eigenvalue weighted by Gasteiger charge is 2.16. The van der Waals surface area contributed by atoms with Gasteiger partial charge in [0.15, 0.2) is 0 Å². The lowest BCUT2D eigenvalue weighted by molar-refractivity contribution is 0.603. The average Bonchev–Trinajstić information content (AvgIpc) is 2.57. The Balaban J connectivity index is 2.09. The van der Waals surface area contributed by atoms with Gasteiger partial charge >= 0.3 is 0 Å². The Kier molecular flexibility index (Phi) is 7.67. The Bertz CT molecular complexity index is 580. The number of aryl methyl sites for hydroxylation is 2. The summed E-state index contributed by atoms with van der Waals surface area (Å²) in [5.74, 6) is 0. The van der Waals surface area contributed by atoms with E-state index in [1.54, 1.807) is 0 Å². The number of hydrogen-bond donors (Lipinski definition) is 0. The molecule has 0 N–H and O–H groups in total. The number of benzene rings is 1. The van der Waals surface area contributed by atoms with Gasteiger partial charge in [-0.25, -0.2) is 4.98 Å². The lowest BCUT2D eigenvalue weighted by Crippen LogP contribution is -1.99. The number of pyridine rings is 1. The average molecular weight is 328 g/mol. The normalized spacial score (nSPS) is 12.3. The van der Waals surface area contributed by atoms with Gasteiger partial charge < -0.3 is 0 Å². The Labute approximate surface area is 145 Å². The van der Waals surface area contributed by atoms with E-state index in [0.717, 1.165) is 5.03 Å². The van der Waals surface area contributed by atoms with E-state index in [9.17, 15) is 0 Å². The third-order valence-corrected chi connectivity index (χ3v) is 5.51. The van der Waals surface area contributed by atoms with Gasteiger partial charge in [-0.2, -0.15) is 0 Å². The van der Waals surface area contributed by atoms with Gasteiger partial charge in [0.2, 0.25) is 0 Å². The van der Waals surface area contributed by atoms with E-state index in [1.165, 1.54) is 55.2 Å². The van der Waals surface area contributed by atoms with Gasteiger partial charge in [0.1, 0.15) is 0 Å². The van der Waals surface area contributed by atoms with Crippen LogP contribution in [-0.4, -0.2) is 4.98 Å². The van der Waals surface area contributed by atoms with Gasteiger partial charge in [-0.3, -0.25) is 0 Å². The van der Waals surface area contributed by atoms with E-state index in [1.807, 2.05) is 24.0 Å². The first-order chi connectivity index (χ1) is 11.2. The smallest absolute Gasteiger partial charge is 0.0965 e. The van der Waals surface area contributed by atoms with Crippen LogP contribution in [0.25, 0.3) is 0 Å². The quantitative estimate of drug-likeness (QED) is 0.367. The fourth-order valence-corrected chi connectivity index (χ4v) is 4.12. The monoisotopic (exact) mass is 327 g/mol. The molecule has 0 bridgehead atoms. The lowest BCUT2D eigenvalue weighted by Gasteiger charge is -2.19. The summed E-state index contributed by atoms with van der Waals surface area (Å²) in [5.41, 5.74) is 4.23. The molecule has 124 valence electrons. The molecule has 0 amide bonds. The molecule has 1 heterocycles. The zero-order chi connectivity index (χ0) is 16.5. The number of hydrogen-bond acceptors (Lipinski definition) is 2. The van der Waals surface area contributed by atoms with Crippen molar-refractivity contribution in [1.82, 2.24) is 4.98 Å². The summed E-state index contributed by atoms with van der Waals surface area (Å²) in [6, 6.07) is 13.0.